The summed E-state index contributed by atoms with van der Waals surface area (Å²) in [7, 11) is 0. The van der Waals surface area contributed by atoms with Gasteiger partial charge in [0.05, 0.1) is 19.3 Å². The molecule has 1 aromatic rings. The van der Waals surface area contributed by atoms with Crippen molar-refractivity contribution in [3.63, 3.8) is 0 Å². The Morgan fingerprint density at radius 2 is 2.42 bits per heavy atom. The van der Waals surface area contributed by atoms with Crippen molar-refractivity contribution in [3.05, 3.63) is 22.7 Å². The second-order valence-electron chi connectivity index (χ2n) is 4.48. The van der Waals surface area contributed by atoms with Gasteiger partial charge in [0.15, 0.2) is 5.82 Å². The molecular formula is C12H17N3O4. The zero-order valence-electron chi connectivity index (χ0n) is 10.7. The van der Waals surface area contributed by atoms with Crippen LogP contribution in [-0.2, 0) is 9.53 Å². The van der Waals surface area contributed by atoms with E-state index in [4.69, 9.17) is 4.74 Å². The molecule has 7 heteroatoms. The Balaban J connectivity index is 2.32. The van der Waals surface area contributed by atoms with Gasteiger partial charge in [0, 0.05) is 18.9 Å². The number of aromatic amines is 1. The highest BCUT2D eigenvalue weighted by molar-refractivity contribution is 5.72. The molecule has 0 aromatic carbocycles. The van der Waals surface area contributed by atoms with E-state index < -0.39 is 11.9 Å². The van der Waals surface area contributed by atoms with E-state index in [2.05, 4.69) is 9.97 Å². The van der Waals surface area contributed by atoms with Crippen molar-refractivity contribution in [3.8, 4) is 0 Å². The predicted octanol–water partition coefficient (Wildman–Crippen LogP) is 0.0859. The highest BCUT2D eigenvalue weighted by Gasteiger charge is 2.39. The van der Waals surface area contributed by atoms with Gasteiger partial charge >= 0.3 is 5.97 Å². The number of anilines is 1. The number of carboxylic acids is 1. The van der Waals surface area contributed by atoms with Crippen LogP contribution in [0.1, 0.15) is 13.3 Å². The number of carboxylic acid groups (broad SMARTS) is 1. The fourth-order valence-electron chi connectivity index (χ4n) is 2.30. The van der Waals surface area contributed by atoms with Crippen molar-refractivity contribution in [2.24, 2.45) is 5.92 Å². The number of carbonyl (C=O) groups is 1. The van der Waals surface area contributed by atoms with Crippen molar-refractivity contribution < 1.29 is 14.6 Å². The minimum atomic E-state index is -0.907. The SMILES string of the molecule is CCCN(c1ncc[nH]c1=O)C1COCC1C(=O)O. The first kappa shape index (κ1) is 13.5. The predicted molar refractivity (Wildman–Crippen MR) is 68.2 cm³/mol. The third-order valence-electron chi connectivity index (χ3n) is 3.19. The molecule has 0 radical (unpaired) electrons. The van der Waals surface area contributed by atoms with Gasteiger partial charge in [0.2, 0.25) is 0 Å². The molecule has 1 fully saturated rings. The Morgan fingerprint density at radius 3 is 3.05 bits per heavy atom. The Bertz CT molecular complexity index is 502. The smallest absolute Gasteiger partial charge is 0.311 e. The number of rotatable bonds is 5. The number of aliphatic carboxylic acids is 1. The van der Waals surface area contributed by atoms with Crippen LogP contribution in [0.25, 0.3) is 0 Å². The largest absolute Gasteiger partial charge is 0.481 e. The molecule has 2 N–H and O–H groups in total. The Hall–Kier alpha value is -1.89. The zero-order valence-corrected chi connectivity index (χ0v) is 10.7. The summed E-state index contributed by atoms with van der Waals surface area (Å²) in [6.45, 7) is 3.01. The summed E-state index contributed by atoms with van der Waals surface area (Å²) in [5, 5.41) is 9.20. The van der Waals surface area contributed by atoms with Crippen molar-refractivity contribution in [2.45, 2.75) is 19.4 Å². The third-order valence-corrected chi connectivity index (χ3v) is 3.19. The van der Waals surface area contributed by atoms with Gasteiger partial charge < -0.3 is 19.7 Å². The lowest BCUT2D eigenvalue weighted by Gasteiger charge is -2.30. The normalized spacial score (nSPS) is 22.4. The Morgan fingerprint density at radius 1 is 1.63 bits per heavy atom. The highest BCUT2D eigenvalue weighted by Crippen LogP contribution is 2.22. The van der Waals surface area contributed by atoms with Gasteiger partial charge in [-0.25, -0.2) is 4.98 Å². The minimum absolute atomic E-state index is 0.172. The molecule has 0 aliphatic carbocycles. The van der Waals surface area contributed by atoms with E-state index in [1.165, 1.54) is 12.4 Å². The van der Waals surface area contributed by atoms with Crippen molar-refractivity contribution >= 4 is 11.8 Å². The van der Waals surface area contributed by atoms with Crippen LogP contribution in [0.5, 0.6) is 0 Å². The van der Waals surface area contributed by atoms with Gasteiger partial charge in [-0.15, -0.1) is 0 Å². The van der Waals surface area contributed by atoms with E-state index in [9.17, 15) is 14.7 Å². The average Bonchev–Trinajstić information content (AvgIpc) is 2.86. The number of hydrogen-bond donors (Lipinski definition) is 2. The summed E-state index contributed by atoms with van der Waals surface area (Å²) >= 11 is 0. The molecule has 1 aromatic heterocycles. The molecule has 1 aliphatic rings. The summed E-state index contributed by atoms with van der Waals surface area (Å²) in [6, 6.07) is -0.353. The molecule has 1 aliphatic heterocycles. The molecule has 1 saturated heterocycles. The number of nitrogens with zero attached hydrogens (tertiary/aromatic N) is 2. The summed E-state index contributed by atoms with van der Waals surface area (Å²) in [4.78, 5) is 31.4. The van der Waals surface area contributed by atoms with Crippen LogP contribution in [0.15, 0.2) is 17.2 Å². The van der Waals surface area contributed by atoms with Crippen molar-refractivity contribution in [1.29, 1.82) is 0 Å². The third kappa shape index (κ3) is 2.76. The number of hydrogen-bond acceptors (Lipinski definition) is 5. The van der Waals surface area contributed by atoms with E-state index in [-0.39, 0.29) is 24.0 Å². The molecule has 2 unspecified atom stereocenters. The summed E-state index contributed by atoms with van der Waals surface area (Å²) < 4.78 is 5.26. The molecule has 2 atom stereocenters. The monoisotopic (exact) mass is 267 g/mol. The fraction of sp³-hybridized carbons (Fsp3) is 0.583. The van der Waals surface area contributed by atoms with Crippen LogP contribution >= 0.6 is 0 Å². The summed E-state index contributed by atoms with van der Waals surface area (Å²) in [6.07, 6.45) is 3.74. The highest BCUT2D eigenvalue weighted by atomic mass is 16.5. The molecular weight excluding hydrogens is 250 g/mol. The van der Waals surface area contributed by atoms with E-state index in [1.54, 1.807) is 4.90 Å². The topological polar surface area (TPSA) is 95.5 Å². The maximum atomic E-state index is 11.8. The van der Waals surface area contributed by atoms with Gasteiger partial charge in [-0.05, 0) is 6.42 Å². The van der Waals surface area contributed by atoms with Gasteiger partial charge in [-0.2, -0.15) is 0 Å². The van der Waals surface area contributed by atoms with Gasteiger partial charge in [0.25, 0.3) is 5.56 Å². The molecule has 2 heterocycles. The van der Waals surface area contributed by atoms with E-state index in [0.29, 0.717) is 13.2 Å². The lowest BCUT2D eigenvalue weighted by Crippen LogP contribution is -2.46. The molecule has 0 saturated carbocycles. The Kier molecular flexibility index (Phi) is 4.16. The van der Waals surface area contributed by atoms with E-state index in [0.717, 1.165) is 6.42 Å². The average molecular weight is 267 g/mol. The minimum Gasteiger partial charge on any atom is -0.481 e. The Labute approximate surface area is 110 Å². The number of aromatic nitrogens is 2. The van der Waals surface area contributed by atoms with E-state index in [1.807, 2.05) is 6.92 Å². The lowest BCUT2D eigenvalue weighted by molar-refractivity contribution is -0.142. The summed E-state index contributed by atoms with van der Waals surface area (Å²) in [5.74, 6) is -1.28. The van der Waals surface area contributed by atoms with Crippen molar-refractivity contribution in [1.82, 2.24) is 9.97 Å². The van der Waals surface area contributed by atoms with Crippen LogP contribution in [-0.4, -0.2) is 46.8 Å². The molecule has 0 bridgehead atoms. The van der Waals surface area contributed by atoms with Gasteiger partial charge in [-0.3, -0.25) is 9.59 Å². The molecule has 0 amide bonds. The first-order chi connectivity index (χ1) is 9.15. The van der Waals surface area contributed by atoms with Gasteiger partial charge in [0.1, 0.15) is 5.92 Å². The first-order valence-corrected chi connectivity index (χ1v) is 6.26. The van der Waals surface area contributed by atoms with Crippen LogP contribution in [0.2, 0.25) is 0 Å². The van der Waals surface area contributed by atoms with Crippen LogP contribution in [0.4, 0.5) is 5.82 Å². The molecule has 7 nitrogen and oxygen atoms in total. The number of ether oxygens (including phenoxy) is 1. The zero-order chi connectivity index (χ0) is 13.8. The van der Waals surface area contributed by atoms with Gasteiger partial charge in [-0.1, -0.05) is 6.92 Å². The number of nitrogens with one attached hydrogen (secondary N) is 1. The molecule has 0 spiro atoms. The van der Waals surface area contributed by atoms with E-state index >= 15 is 0 Å². The van der Waals surface area contributed by atoms with Crippen LogP contribution < -0.4 is 10.5 Å². The molecule has 19 heavy (non-hydrogen) atoms. The van der Waals surface area contributed by atoms with Crippen LogP contribution in [0, 0.1) is 5.92 Å². The quantitative estimate of drug-likeness (QED) is 0.784. The second-order valence-corrected chi connectivity index (χ2v) is 4.48. The molecule has 104 valence electrons. The molecule has 2 rings (SSSR count). The lowest BCUT2D eigenvalue weighted by atomic mass is 10.0. The fourth-order valence-corrected chi connectivity index (χ4v) is 2.30. The maximum absolute atomic E-state index is 11.8. The van der Waals surface area contributed by atoms with Crippen molar-refractivity contribution in [2.75, 3.05) is 24.7 Å². The van der Waals surface area contributed by atoms with Crippen LogP contribution in [0.3, 0.4) is 0 Å². The summed E-state index contributed by atoms with van der Waals surface area (Å²) in [5.41, 5.74) is -0.313. The standard InChI is InChI=1S/C12H17N3O4/c1-2-5-15(10-11(16)14-4-3-13-10)9-7-19-6-8(9)12(17)18/h3-4,8-9H,2,5-7H2,1H3,(H,14,16)(H,17,18). The number of H-pyrrole nitrogens is 1. The second kappa shape index (κ2) is 5.83. The first-order valence-electron chi connectivity index (χ1n) is 6.26. The maximum Gasteiger partial charge on any atom is 0.311 e.